The van der Waals surface area contributed by atoms with Crippen molar-refractivity contribution in [3.63, 3.8) is 0 Å². The lowest BCUT2D eigenvalue weighted by Gasteiger charge is -2.63. The molecule has 1 aliphatic heterocycles. The minimum Gasteiger partial charge on any atom is -0.257 e. The Labute approximate surface area is 246 Å². The average Bonchev–Trinajstić information content (AvgIpc) is 2.95. The second-order valence-corrected chi connectivity index (χ2v) is 20.2. The molecule has 0 N–H and O–H groups in total. The van der Waals surface area contributed by atoms with Crippen LogP contribution in [0.5, 0.6) is 0 Å². The summed E-state index contributed by atoms with van der Waals surface area (Å²) in [6, 6.07) is 45.4. The first-order valence-corrected chi connectivity index (χ1v) is 17.7. The molecule has 4 aromatic rings. The van der Waals surface area contributed by atoms with Gasteiger partial charge in [0.2, 0.25) is 0 Å². The Hall–Kier alpha value is -2.50. The zero-order chi connectivity index (χ0) is 28.4. The van der Waals surface area contributed by atoms with Crippen molar-refractivity contribution in [1.82, 2.24) is 8.61 Å². The van der Waals surface area contributed by atoms with E-state index in [1.807, 2.05) is 0 Å². The van der Waals surface area contributed by atoms with Crippen molar-refractivity contribution in [3.8, 4) is 0 Å². The summed E-state index contributed by atoms with van der Waals surface area (Å²) in [5.41, 5.74) is 0. The molecule has 1 aliphatic rings. The van der Waals surface area contributed by atoms with Crippen molar-refractivity contribution >= 4 is 20.4 Å². The van der Waals surface area contributed by atoms with Crippen molar-refractivity contribution in [1.29, 1.82) is 0 Å². The highest BCUT2D eigenvalue weighted by Crippen LogP contribution is 2.75. The van der Waals surface area contributed by atoms with Crippen LogP contribution < -0.4 is 0 Å². The molecule has 212 valence electrons. The summed E-state index contributed by atoms with van der Waals surface area (Å²) in [6.07, 6.45) is 0. The number of nitrogens with zero attached hydrogens (tertiary/aromatic N) is 2. The van der Waals surface area contributed by atoms with Gasteiger partial charge >= 0.3 is 0 Å². The van der Waals surface area contributed by atoms with Crippen LogP contribution in [0.2, 0.25) is 0 Å². The summed E-state index contributed by atoms with van der Waals surface area (Å²) < 4.78 is 5.86. The van der Waals surface area contributed by atoms with Crippen molar-refractivity contribution in [2.75, 3.05) is 26.2 Å². The van der Waals surface area contributed by atoms with E-state index in [1.54, 1.807) is 0 Å². The quantitative estimate of drug-likeness (QED) is 0.228. The van der Waals surface area contributed by atoms with Gasteiger partial charge in [-0.25, -0.2) is 0 Å². The van der Waals surface area contributed by atoms with Crippen LogP contribution in [-0.4, -0.2) is 44.3 Å². The maximum atomic E-state index is 2.87. The van der Waals surface area contributed by atoms with Crippen LogP contribution in [0.4, 0.5) is 0 Å². The van der Waals surface area contributed by atoms with Crippen LogP contribution in [0.15, 0.2) is 141 Å². The third-order valence-corrected chi connectivity index (χ3v) is 17.7. The van der Waals surface area contributed by atoms with E-state index >= 15 is 0 Å². The van der Waals surface area contributed by atoms with Gasteiger partial charge in [-0.2, -0.15) is 0 Å². The molecule has 1 heterocycles. The molecule has 0 unspecified atom stereocenters. The third kappa shape index (κ3) is 4.83. The van der Waals surface area contributed by atoms with Gasteiger partial charge < -0.3 is 0 Å². The minimum absolute atomic E-state index is 0.0602. The fraction of sp³-hybridized carbons (Fsp3) is 0.333. The van der Waals surface area contributed by atoms with Crippen molar-refractivity contribution in [2.45, 2.75) is 70.6 Å². The molecular weight excluding hydrogens is 525 g/mol. The smallest absolute Gasteiger partial charge is 0.0218 e. The van der Waals surface area contributed by atoms with Crippen molar-refractivity contribution in [3.05, 3.63) is 121 Å². The predicted molar refractivity (Wildman–Crippen MR) is 177 cm³/mol. The Morgan fingerprint density at radius 1 is 0.375 bits per heavy atom. The Balaban J connectivity index is 1.62. The molecule has 0 spiro atoms. The highest BCUT2D eigenvalue weighted by atomic mass is 32.3. The molecule has 5 rings (SSSR count). The topological polar surface area (TPSA) is 6.48 Å². The van der Waals surface area contributed by atoms with E-state index in [4.69, 9.17) is 0 Å². The zero-order valence-electron chi connectivity index (χ0n) is 25.1. The molecule has 0 radical (unpaired) electrons. The number of hydrogen-bond acceptors (Lipinski definition) is 2. The summed E-state index contributed by atoms with van der Waals surface area (Å²) >= 11 is 0. The highest BCUT2D eigenvalue weighted by molar-refractivity contribution is 8.33. The largest absolute Gasteiger partial charge is 0.257 e. The fourth-order valence-electron chi connectivity index (χ4n) is 6.74. The van der Waals surface area contributed by atoms with Gasteiger partial charge in [0, 0.05) is 55.3 Å². The number of rotatable bonds is 6. The highest BCUT2D eigenvalue weighted by Gasteiger charge is 2.50. The Morgan fingerprint density at radius 2 is 0.575 bits per heavy atom. The van der Waals surface area contributed by atoms with Gasteiger partial charge in [-0.1, -0.05) is 114 Å². The van der Waals surface area contributed by atoms with Crippen LogP contribution in [0.25, 0.3) is 0 Å². The molecule has 4 heteroatoms. The normalized spacial score (nSPS) is 16.9. The maximum absolute atomic E-state index is 2.87. The minimum atomic E-state index is -1.49. The van der Waals surface area contributed by atoms with Gasteiger partial charge in [0.05, 0.1) is 0 Å². The van der Waals surface area contributed by atoms with E-state index in [2.05, 4.69) is 171 Å². The zero-order valence-corrected chi connectivity index (χ0v) is 26.7. The number of hydrogen-bond donors (Lipinski definition) is 0. The number of benzene rings is 4. The maximum Gasteiger partial charge on any atom is 0.0218 e. The SMILES string of the molecule is CC(C)(C)S(c1ccccc1)(c1ccccc1)N1CCN(S(c2ccccc2)(c2ccccc2)C(C)(C)C)CC1. The summed E-state index contributed by atoms with van der Waals surface area (Å²) in [5, 5.41) is 0. The van der Waals surface area contributed by atoms with Gasteiger partial charge in [0.1, 0.15) is 0 Å². The summed E-state index contributed by atoms with van der Waals surface area (Å²) in [6.45, 7) is 18.9. The monoisotopic (exact) mass is 570 g/mol. The first kappa shape index (κ1) is 29.0. The molecule has 0 saturated carbocycles. The second-order valence-electron chi connectivity index (χ2n) is 12.5. The van der Waals surface area contributed by atoms with Crippen LogP contribution in [0.1, 0.15) is 41.5 Å². The van der Waals surface area contributed by atoms with Crippen molar-refractivity contribution in [2.24, 2.45) is 0 Å². The van der Waals surface area contributed by atoms with Gasteiger partial charge in [0.25, 0.3) is 0 Å². The molecule has 1 fully saturated rings. The summed E-state index contributed by atoms with van der Waals surface area (Å²) in [4.78, 5) is 5.84. The lowest BCUT2D eigenvalue weighted by Crippen LogP contribution is -2.53. The van der Waals surface area contributed by atoms with E-state index < -0.39 is 20.4 Å². The Morgan fingerprint density at radius 3 is 0.750 bits per heavy atom. The molecule has 0 bridgehead atoms. The van der Waals surface area contributed by atoms with Crippen LogP contribution in [0, 0.1) is 0 Å². The van der Waals surface area contributed by atoms with Gasteiger partial charge in [-0.05, 0) is 48.5 Å². The first-order chi connectivity index (χ1) is 19.1. The Kier molecular flexibility index (Phi) is 8.27. The molecule has 1 saturated heterocycles. The third-order valence-electron chi connectivity index (χ3n) is 8.08. The van der Waals surface area contributed by atoms with Crippen LogP contribution in [0.3, 0.4) is 0 Å². The molecule has 0 aromatic heterocycles. The standard InChI is InChI=1S/C36H46N2S2/c1-35(2,3)39(31-19-11-7-12-20-31,32-21-13-8-14-22-32)37-27-29-38(30-28-37)40(36(4,5)6,33-23-15-9-16-24-33)34-25-17-10-18-26-34/h7-26H,27-30H2,1-6H3. The van der Waals surface area contributed by atoms with Crippen LogP contribution in [-0.2, 0) is 0 Å². The molecule has 4 aromatic carbocycles. The van der Waals surface area contributed by atoms with E-state index in [0.717, 1.165) is 26.2 Å². The molecule has 2 nitrogen and oxygen atoms in total. The molecule has 40 heavy (non-hydrogen) atoms. The summed E-state index contributed by atoms with van der Waals surface area (Å²) in [7, 11) is -2.98. The summed E-state index contributed by atoms with van der Waals surface area (Å²) in [5.74, 6) is 0. The van der Waals surface area contributed by atoms with E-state index in [1.165, 1.54) is 19.6 Å². The first-order valence-electron chi connectivity index (χ1n) is 14.5. The Bertz CT molecular complexity index is 1160. The van der Waals surface area contributed by atoms with E-state index in [-0.39, 0.29) is 9.49 Å². The molecule has 0 atom stereocenters. The van der Waals surface area contributed by atoms with E-state index in [9.17, 15) is 0 Å². The fourth-order valence-corrected chi connectivity index (χ4v) is 16.5. The number of piperazine rings is 1. The lowest BCUT2D eigenvalue weighted by atomic mass is 10.3. The predicted octanol–water partition coefficient (Wildman–Crippen LogP) is 9.88. The van der Waals surface area contributed by atoms with Crippen molar-refractivity contribution < 1.29 is 0 Å². The molecule has 0 aliphatic carbocycles. The van der Waals surface area contributed by atoms with Gasteiger partial charge in [-0.15, -0.1) is 20.4 Å². The second kappa shape index (κ2) is 11.4. The molecular formula is C36H46N2S2. The molecule has 0 amide bonds. The van der Waals surface area contributed by atoms with Gasteiger partial charge in [0.15, 0.2) is 0 Å². The lowest BCUT2D eigenvalue weighted by molar-refractivity contribution is 0.288. The average molecular weight is 571 g/mol. The van der Waals surface area contributed by atoms with E-state index in [0.29, 0.717) is 0 Å². The van der Waals surface area contributed by atoms with Gasteiger partial charge in [-0.3, -0.25) is 8.61 Å². The van der Waals surface area contributed by atoms with Crippen LogP contribution >= 0.6 is 20.4 Å².